The van der Waals surface area contributed by atoms with Crippen LogP contribution in [0.2, 0.25) is 0 Å². The summed E-state index contributed by atoms with van der Waals surface area (Å²) in [6.45, 7) is 0.128. The number of hydrogen-bond donors (Lipinski definition) is 2. The van der Waals surface area contributed by atoms with E-state index in [-0.39, 0.29) is 29.5 Å². The third-order valence-electron chi connectivity index (χ3n) is 4.25. The third kappa shape index (κ3) is 4.98. The smallest absolute Gasteiger partial charge is 0.322 e. The summed E-state index contributed by atoms with van der Waals surface area (Å²) >= 11 is 0. The van der Waals surface area contributed by atoms with Gasteiger partial charge >= 0.3 is 6.03 Å². The first-order valence-electron chi connectivity index (χ1n) is 8.97. The van der Waals surface area contributed by atoms with Crippen molar-refractivity contribution < 1.29 is 18.3 Å². The molecule has 3 aromatic rings. The van der Waals surface area contributed by atoms with Gasteiger partial charge in [0.25, 0.3) is 0 Å². The molecule has 0 saturated carbocycles. The Kier molecular flexibility index (Phi) is 6.58. The lowest BCUT2D eigenvalue weighted by Gasteiger charge is -2.22. The average molecular weight is 411 g/mol. The number of amides is 2. The van der Waals surface area contributed by atoms with Crippen LogP contribution in [0.4, 0.5) is 10.5 Å². The van der Waals surface area contributed by atoms with Gasteiger partial charge in [-0.05, 0) is 48.0 Å². The number of sulfone groups is 1. The van der Waals surface area contributed by atoms with Crippen molar-refractivity contribution in [2.45, 2.75) is 16.3 Å². The van der Waals surface area contributed by atoms with Crippen LogP contribution in [0.5, 0.6) is 0 Å². The Hall–Kier alpha value is -3.23. The van der Waals surface area contributed by atoms with Crippen LogP contribution in [0.15, 0.2) is 88.9 Å². The molecule has 150 valence electrons. The van der Waals surface area contributed by atoms with E-state index in [1.165, 1.54) is 29.2 Å². The molecular formula is C21H21N3O4S. The highest BCUT2D eigenvalue weighted by atomic mass is 32.2. The van der Waals surface area contributed by atoms with Gasteiger partial charge in [0, 0.05) is 24.6 Å². The fraction of sp³-hybridized carbons (Fsp3) is 0.143. The quantitative estimate of drug-likeness (QED) is 0.623. The van der Waals surface area contributed by atoms with Crippen molar-refractivity contribution in [2.75, 3.05) is 18.1 Å². The molecule has 0 fully saturated rings. The maximum atomic E-state index is 12.7. The number of hydrogen-bond acceptors (Lipinski definition) is 5. The van der Waals surface area contributed by atoms with Crippen molar-refractivity contribution in [3.63, 3.8) is 0 Å². The van der Waals surface area contributed by atoms with Crippen LogP contribution in [0.1, 0.15) is 5.56 Å². The number of aliphatic hydroxyl groups is 1. The number of nitrogens with one attached hydrogen (secondary N) is 1. The van der Waals surface area contributed by atoms with E-state index in [1.54, 1.807) is 48.8 Å². The monoisotopic (exact) mass is 411 g/mol. The van der Waals surface area contributed by atoms with Gasteiger partial charge in [0.15, 0.2) is 0 Å². The van der Waals surface area contributed by atoms with Gasteiger partial charge in [-0.3, -0.25) is 9.88 Å². The zero-order chi connectivity index (χ0) is 20.7. The summed E-state index contributed by atoms with van der Waals surface area (Å²) in [5.74, 6) is 0. The highest BCUT2D eigenvalue weighted by molar-refractivity contribution is 7.91. The van der Waals surface area contributed by atoms with E-state index in [2.05, 4.69) is 10.3 Å². The highest BCUT2D eigenvalue weighted by Crippen LogP contribution is 2.23. The Bertz CT molecular complexity index is 1040. The first kappa shape index (κ1) is 20.5. The van der Waals surface area contributed by atoms with E-state index >= 15 is 0 Å². The van der Waals surface area contributed by atoms with Gasteiger partial charge in [0.1, 0.15) is 0 Å². The normalized spacial score (nSPS) is 11.1. The number of aromatic nitrogens is 1. The average Bonchev–Trinajstić information content (AvgIpc) is 2.77. The van der Waals surface area contributed by atoms with Crippen LogP contribution < -0.4 is 10.2 Å². The number of carbonyl (C=O) groups is 1. The summed E-state index contributed by atoms with van der Waals surface area (Å²) in [5.41, 5.74) is 1.32. The van der Waals surface area contributed by atoms with Crippen molar-refractivity contribution in [3.8, 4) is 0 Å². The van der Waals surface area contributed by atoms with Crippen LogP contribution in [0.3, 0.4) is 0 Å². The van der Waals surface area contributed by atoms with Crippen LogP contribution in [-0.4, -0.2) is 37.7 Å². The molecule has 0 aliphatic heterocycles. The number of nitrogens with zero attached hydrogens (tertiary/aromatic N) is 2. The van der Waals surface area contributed by atoms with Crippen molar-refractivity contribution in [1.29, 1.82) is 0 Å². The molecule has 0 atom stereocenters. The van der Waals surface area contributed by atoms with Crippen molar-refractivity contribution >= 4 is 21.6 Å². The van der Waals surface area contributed by atoms with Gasteiger partial charge in [-0.1, -0.05) is 24.3 Å². The van der Waals surface area contributed by atoms with Gasteiger partial charge < -0.3 is 10.4 Å². The number of carbonyl (C=O) groups excluding carboxylic acids is 1. The standard InChI is InChI=1S/C21H21N3O4S/c25-14-13-24(21(26)23-16-17-5-4-12-22-15-17)18-8-10-20(11-9-18)29(27,28)19-6-2-1-3-7-19/h1-12,15,25H,13-14,16H2,(H,23,26). The molecule has 1 heterocycles. The van der Waals surface area contributed by atoms with E-state index in [0.717, 1.165) is 5.56 Å². The molecular weight excluding hydrogens is 390 g/mol. The molecule has 0 unspecified atom stereocenters. The maximum absolute atomic E-state index is 12.7. The Morgan fingerprint density at radius 2 is 1.66 bits per heavy atom. The molecule has 0 bridgehead atoms. The van der Waals surface area contributed by atoms with Crippen LogP contribution in [0, 0.1) is 0 Å². The molecule has 7 nitrogen and oxygen atoms in total. The molecule has 2 amide bonds. The van der Waals surface area contributed by atoms with Gasteiger partial charge in [-0.2, -0.15) is 0 Å². The molecule has 1 aromatic heterocycles. The van der Waals surface area contributed by atoms with Gasteiger partial charge in [-0.25, -0.2) is 13.2 Å². The predicted octanol–water partition coefficient (Wildman–Crippen LogP) is 2.62. The lowest BCUT2D eigenvalue weighted by Crippen LogP contribution is -2.41. The molecule has 0 spiro atoms. The van der Waals surface area contributed by atoms with E-state index in [9.17, 15) is 18.3 Å². The first-order chi connectivity index (χ1) is 14.0. The summed E-state index contributed by atoms with van der Waals surface area (Å²) in [6, 6.07) is 17.4. The summed E-state index contributed by atoms with van der Waals surface area (Å²) in [7, 11) is -3.64. The minimum Gasteiger partial charge on any atom is -0.395 e. The number of aliphatic hydroxyl groups excluding tert-OH is 1. The number of pyridine rings is 1. The number of urea groups is 1. The molecule has 0 aliphatic carbocycles. The number of rotatable bonds is 7. The Balaban J connectivity index is 1.77. The van der Waals surface area contributed by atoms with E-state index < -0.39 is 15.9 Å². The summed E-state index contributed by atoms with van der Waals surface area (Å²) < 4.78 is 25.4. The summed E-state index contributed by atoms with van der Waals surface area (Å²) in [4.78, 5) is 18.3. The largest absolute Gasteiger partial charge is 0.395 e. The first-order valence-corrected chi connectivity index (χ1v) is 10.5. The lowest BCUT2D eigenvalue weighted by atomic mass is 10.3. The maximum Gasteiger partial charge on any atom is 0.322 e. The van der Waals surface area contributed by atoms with Gasteiger partial charge in [0.2, 0.25) is 9.84 Å². The van der Waals surface area contributed by atoms with Gasteiger partial charge in [0.05, 0.1) is 22.9 Å². The molecule has 3 rings (SSSR count). The van der Waals surface area contributed by atoms with Crippen molar-refractivity contribution in [3.05, 3.63) is 84.7 Å². The van der Waals surface area contributed by atoms with E-state index in [0.29, 0.717) is 5.69 Å². The van der Waals surface area contributed by atoms with Crippen molar-refractivity contribution in [1.82, 2.24) is 10.3 Å². The Labute approximate surface area is 169 Å². The Morgan fingerprint density at radius 3 is 2.28 bits per heavy atom. The van der Waals surface area contributed by atoms with Crippen molar-refractivity contribution in [2.24, 2.45) is 0 Å². The number of anilines is 1. The second kappa shape index (κ2) is 9.31. The Morgan fingerprint density at radius 1 is 0.966 bits per heavy atom. The fourth-order valence-corrected chi connectivity index (χ4v) is 4.05. The predicted molar refractivity (Wildman–Crippen MR) is 109 cm³/mol. The van der Waals surface area contributed by atoms with Gasteiger partial charge in [-0.15, -0.1) is 0 Å². The summed E-state index contributed by atoms with van der Waals surface area (Å²) in [5, 5.41) is 12.1. The van der Waals surface area contributed by atoms with Crippen LogP contribution in [-0.2, 0) is 16.4 Å². The zero-order valence-corrected chi connectivity index (χ0v) is 16.4. The van der Waals surface area contributed by atoms with E-state index in [1.807, 2.05) is 6.07 Å². The molecule has 2 aromatic carbocycles. The fourth-order valence-electron chi connectivity index (χ4n) is 2.76. The van der Waals surface area contributed by atoms with Crippen LogP contribution >= 0.6 is 0 Å². The van der Waals surface area contributed by atoms with Crippen LogP contribution in [0.25, 0.3) is 0 Å². The highest BCUT2D eigenvalue weighted by Gasteiger charge is 2.19. The molecule has 0 saturated heterocycles. The minimum atomic E-state index is -3.64. The number of benzene rings is 2. The molecule has 29 heavy (non-hydrogen) atoms. The lowest BCUT2D eigenvalue weighted by molar-refractivity contribution is 0.241. The molecule has 0 radical (unpaired) electrons. The van der Waals surface area contributed by atoms with E-state index in [4.69, 9.17) is 0 Å². The molecule has 2 N–H and O–H groups in total. The second-order valence-electron chi connectivity index (χ2n) is 6.21. The molecule has 8 heteroatoms. The SMILES string of the molecule is O=C(NCc1cccnc1)N(CCO)c1ccc(S(=O)(=O)c2ccccc2)cc1. The zero-order valence-electron chi connectivity index (χ0n) is 15.6. The molecule has 0 aliphatic rings. The minimum absolute atomic E-state index is 0.0731. The third-order valence-corrected chi connectivity index (χ3v) is 6.03. The summed E-state index contributed by atoms with van der Waals surface area (Å²) in [6.07, 6.45) is 3.30. The topological polar surface area (TPSA) is 99.6 Å². The second-order valence-corrected chi connectivity index (χ2v) is 8.16.